The zero-order valence-electron chi connectivity index (χ0n) is 10.8. The fourth-order valence-electron chi connectivity index (χ4n) is 1.73. The topological polar surface area (TPSA) is 147 Å². The van der Waals surface area contributed by atoms with Crippen LogP contribution in [0.15, 0.2) is 40.3 Å². The van der Waals surface area contributed by atoms with Crippen LogP contribution in [-0.2, 0) is 10.1 Å². The lowest BCUT2D eigenvalue weighted by molar-refractivity contribution is 0.471. The van der Waals surface area contributed by atoms with Crippen LogP contribution in [0.4, 0.5) is 5.69 Å². The molecule has 22 heavy (non-hydrogen) atoms. The third-order valence-electron chi connectivity index (χ3n) is 2.71. The van der Waals surface area contributed by atoms with Gasteiger partial charge in [-0.15, -0.1) is 0 Å². The van der Waals surface area contributed by atoms with Gasteiger partial charge in [0.2, 0.25) is 5.71 Å². The molecule has 8 nitrogen and oxygen atoms in total. The molecule has 0 aliphatic rings. The number of nitrogens with one attached hydrogen (secondary N) is 1. The second-order valence-corrected chi connectivity index (χ2v) is 5.57. The van der Waals surface area contributed by atoms with Crippen molar-refractivity contribution in [3.8, 4) is 17.9 Å². The smallest absolute Gasteiger partial charge is 0.294 e. The van der Waals surface area contributed by atoms with Gasteiger partial charge >= 0.3 is 0 Å². The van der Waals surface area contributed by atoms with Crippen molar-refractivity contribution >= 4 is 32.3 Å². The van der Waals surface area contributed by atoms with E-state index in [1.165, 1.54) is 24.3 Å². The fourth-order valence-corrected chi connectivity index (χ4v) is 2.26. The van der Waals surface area contributed by atoms with Crippen molar-refractivity contribution in [2.75, 3.05) is 5.43 Å². The van der Waals surface area contributed by atoms with Crippen molar-refractivity contribution in [2.24, 2.45) is 5.10 Å². The van der Waals surface area contributed by atoms with Crippen LogP contribution < -0.4 is 5.43 Å². The van der Waals surface area contributed by atoms with Gasteiger partial charge in [0.25, 0.3) is 10.1 Å². The molecule has 0 unspecified atom stereocenters. The molecule has 3 N–H and O–H groups in total. The van der Waals surface area contributed by atoms with E-state index in [4.69, 9.17) is 15.1 Å². The monoisotopic (exact) mass is 316 g/mol. The summed E-state index contributed by atoms with van der Waals surface area (Å²) in [4.78, 5) is -0.424. The summed E-state index contributed by atoms with van der Waals surface area (Å²) >= 11 is 0. The number of hydrogen-bond donors (Lipinski definition) is 3. The highest BCUT2D eigenvalue weighted by Crippen LogP contribution is 2.30. The Balaban J connectivity index is 2.49. The standard InChI is InChI=1S/C13H8N4O4S/c14-6-10(7-15)17-16-9-2-1-8-3-11(22(19,20)21)5-13(18)12(8)4-9/h1-5,16,18H,(H,19,20,21). The van der Waals surface area contributed by atoms with Gasteiger partial charge in [-0.3, -0.25) is 9.98 Å². The Morgan fingerprint density at radius 3 is 2.45 bits per heavy atom. The Labute approximate surface area is 125 Å². The molecule has 0 amide bonds. The first-order chi connectivity index (χ1) is 10.3. The van der Waals surface area contributed by atoms with Crippen LogP contribution in [-0.4, -0.2) is 23.8 Å². The first-order valence-electron chi connectivity index (χ1n) is 5.73. The molecule has 2 aromatic rings. The minimum absolute atomic E-state index is 0.308. The van der Waals surface area contributed by atoms with Crippen molar-refractivity contribution in [1.29, 1.82) is 10.5 Å². The van der Waals surface area contributed by atoms with Gasteiger partial charge < -0.3 is 5.11 Å². The van der Waals surface area contributed by atoms with Gasteiger partial charge in [0.1, 0.15) is 17.9 Å². The predicted octanol–water partition coefficient (Wildman–Crippen LogP) is 1.61. The summed E-state index contributed by atoms with van der Waals surface area (Å²) in [6, 6.07) is 9.72. The Bertz CT molecular complexity index is 952. The van der Waals surface area contributed by atoms with Gasteiger partial charge in [-0.2, -0.15) is 24.0 Å². The van der Waals surface area contributed by atoms with Gasteiger partial charge in [-0.1, -0.05) is 6.07 Å². The zero-order chi connectivity index (χ0) is 16.3. The molecule has 0 atom stereocenters. The van der Waals surface area contributed by atoms with Crippen molar-refractivity contribution in [3.05, 3.63) is 30.3 Å². The predicted molar refractivity (Wildman–Crippen MR) is 77.7 cm³/mol. The molecule has 9 heteroatoms. The van der Waals surface area contributed by atoms with Gasteiger partial charge in [-0.25, -0.2) is 0 Å². The molecule has 0 saturated heterocycles. The van der Waals surface area contributed by atoms with Gasteiger partial charge in [-0.05, 0) is 23.6 Å². The number of nitriles is 2. The maximum Gasteiger partial charge on any atom is 0.294 e. The second-order valence-electron chi connectivity index (χ2n) is 4.15. The Morgan fingerprint density at radius 1 is 1.18 bits per heavy atom. The molecule has 0 radical (unpaired) electrons. The number of rotatable bonds is 3. The summed E-state index contributed by atoms with van der Waals surface area (Å²) in [5, 5.41) is 31.2. The molecule has 0 aliphatic heterocycles. The molecule has 2 aromatic carbocycles. The Hall–Kier alpha value is -3.14. The Kier molecular flexibility index (Phi) is 3.95. The highest BCUT2D eigenvalue weighted by Gasteiger charge is 2.13. The van der Waals surface area contributed by atoms with Crippen molar-refractivity contribution in [1.82, 2.24) is 0 Å². The number of fused-ring (bicyclic) bond motifs is 1. The van der Waals surface area contributed by atoms with Crippen LogP contribution in [0.5, 0.6) is 5.75 Å². The average Bonchev–Trinajstić information content (AvgIpc) is 2.47. The summed E-state index contributed by atoms with van der Waals surface area (Å²) < 4.78 is 31.2. The lowest BCUT2D eigenvalue weighted by Gasteiger charge is -2.06. The van der Waals surface area contributed by atoms with E-state index in [2.05, 4.69) is 10.5 Å². The highest BCUT2D eigenvalue weighted by atomic mass is 32.2. The summed E-state index contributed by atoms with van der Waals surface area (Å²) in [5.74, 6) is -0.349. The SMILES string of the molecule is N#CC(C#N)=NNc1ccc2cc(S(=O)(=O)O)cc(O)c2c1. The van der Waals surface area contributed by atoms with E-state index in [1.807, 2.05) is 0 Å². The number of aromatic hydroxyl groups is 1. The lowest BCUT2D eigenvalue weighted by atomic mass is 10.1. The number of hydrogen-bond acceptors (Lipinski definition) is 7. The summed E-state index contributed by atoms with van der Waals surface area (Å²) in [6.07, 6.45) is 0. The number of benzene rings is 2. The van der Waals surface area contributed by atoms with E-state index in [0.29, 0.717) is 16.5 Å². The van der Waals surface area contributed by atoms with Gasteiger partial charge in [0.15, 0.2) is 0 Å². The molecule has 0 aliphatic carbocycles. The molecule has 0 aromatic heterocycles. The van der Waals surface area contributed by atoms with Crippen LogP contribution in [0.2, 0.25) is 0 Å². The van der Waals surface area contributed by atoms with Gasteiger partial charge in [0.05, 0.1) is 10.6 Å². The summed E-state index contributed by atoms with van der Waals surface area (Å²) in [6.45, 7) is 0. The molecular formula is C13H8N4O4S. The number of phenolic OH excluding ortho intramolecular Hbond substituents is 1. The normalized spacial score (nSPS) is 10.5. The van der Waals surface area contributed by atoms with E-state index in [1.54, 1.807) is 12.1 Å². The first kappa shape index (κ1) is 15.3. The Morgan fingerprint density at radius 2 is 1.86 bits per heavy atom. The molecule has 0 fully saturated rings. The fraction of sp³-hybridized carbons (Fsp3) is 0. The number of anilines is 1. The molecule has 2 rings (SSSR count). The van der Waals surface area contributed by atoms with Crippen LogP contribution in [0.1, 0.15) is 0 Å². The number of phenols is 1. The molecular weight excluding hydrogens is 308 g/mol. The second kappa shape index (κ2) is 5.69. The highest BCUT2D eigenvalue weighted by molar-refractivity contribution is 7.85. The van der Waals surface area contributed by atoms with E-state index in [0.717, 1.165) is 6.07 Å². The largest absolute Gasteiger partial charge is 0.507 e. The number of hydrazone groups is 1. The number of nitrogens with zero attached hydrogens (tertiary/aromatic N) is 3. The minimum atomic E-state index is -4.42. The van der Waals surface area contributed by atoms with E-state index >= 15 is 0 Å². The zero-order valence-corrected chi connectivity index (χ0v) is 11.7. The summed E-state index contributed by atoms with van der Waals surface area (Å²) in [5.41, 5.74) is 2.49. The van der Waals surface area contributed by atoms with Crippen LogP contribution in [0.3, 0.4) is 0 Å². The van der Waals surface area contributed by atoms with Crippen LogP contribution in [0.25, 0.3) is 10.8 Å². The summed E-state index contributed by atoms with van der Waals surface area (Å²) in [7, 11) is -4.42. The molecule has 110 valence electrons. The van der Waals surface area contributed by atoms with Gasteiger partial charge in [0, 0.05) is 11.5 Å². The first-order valence-corrected chi connectivity index (χ1v) is 7.17. The van der Waals surface area contributed by atoms with Crippen LogP contribution in [0, 0.1) is 22.7 Å². The molecule has 0 saturated carbocycles. The minimum Gasteiger partial charge on any atom is -0.507 e. The average molecular weight is 316 g/mol. The van der Waals surface area contributed by atoms with E-state index in [9.17, 15) is 13.5 Å². The lowest BCUT2D eigenvalue weighted by Crippen LogP contribution is -1.98. The van der Waals surface area contributed by atoms with E-state index < -0.39 is 15.0 Å². The quantitative estimate of drug-likeness (QED) is 0.442. The van der Waals surface area contributed by atoms with Crippen molar-refractivity contribution < 1.29 is 18.1 Å². The third kappa shape index (κ3) is 3.12. The molecule has 0 spiro atoms. The maximum absolute atomic E-state index is 11.1. The molecule has 0 heterocycles. The molecule has 0 bridgehead atoms. The van der Waals surface area contributed by atoms with Crippen molar-refractivity contribution in [3.63, 3.8) is 0 Å². The van der Waals surface area contributed by atoms with Crippen LogP contribution >= 0.6 is 0 Å². The van der Waals surface area contributed by atoms with Crippen molar-refractivity contribution in [2.45, 2.75) is 4.90 Å². The third-order valence-corrected chi connectivity index (χ3v) is 3.54. The maximum atomic E-state index is 11.1. The van der Waals surface area contributed by atoms with E-state index in [-0.39, 0.29) is 11.5 Å².